The van der Waals surface area contributed by atoms with Crippen molar-refractivity contribution in [1.82, 2.24) is 4.90 Å². The standard InChI is InChI=1S/C21H28N2O2/c1-23(15-6-5-10-18-8-3-2-4-9-18)16-7-17-25-21(24)19-11-13-20(22)14-12-19/h2-4,8-9,11-14H,5-7,10,15-17,22H2,1H3. The van der Waals surface area contributed by atoms with Gasteiger partial charge < -0.3 is 15.4 Å². The van der Waals surface area contributed by atoms with Crippen LogP contribution in [-0.2, 0) is 11.2 Å². The highest BCUT2D eigenvalue weighted by Crippen LogP contribution is 2.08. The molecule has 0 radical (unpaired) electrons. The zero-order chi connectivity index (χ0) is 17.9. The number of hydrogen-bond acceptors (Lipinski definition) is 4. The van der Waals surface area contributed by atoms with E-state index in [-0.39, 0.29) is 5.97 Å². The maximum atomic E-state index is 11.9. The molecule has 0 saturated carbocycles. The van der Waals surface area contributed by atoms with Gasteiger partial charge in [-0.3, -0.25) is 0 Å². The lowest BCUT2D eigenvalue weighted by Crippen LogP contribution is -2.22. The predicted molar refractivity (Wildman–Crippen MR) is 103 cm³/mol. The Morgan fingerprint density at radius 3 is 2.36 bits per heavy atom. The van der Waals surface area contributed by atoms with Crippen molar-refractivity contribution in [1.29, 1.82) is 0 Å². The van der Waals surface area contributed by atoms with Crippen molar-refractivity contribution >= 4 is 11.7 Å². The Morgan fingerprint density at radius 1 is 0.960 bits per heavy atom. The number of hydrogen-bond donors (Lipinski definition) is 1. The number of aryl methyl sites for hydroxylation is 1. The molecule has 4 heteroatoms. The van der Waals surface area contributed by atoms with Gasteiger partial charge in [-0.2, -0.15) is 0 Å². The summed E-state index contributed by atoms with van der Waals surface area (Å²) in [7, 11) is 2.12. The Bertz CT molecular complexity index is 626. The van der Waals surface area contributed by atoms with Crippen LogP contribution in [0.4, 0.5) is 5.69 Å². The Balaban J connectivity index is 1.52. The number of esters is 1. The number of unbranched alkanes of at least 4 members (excludes halogenated alkanes) is 1. The van der Waals surface area contributed by atoms with Crippen LogP contribution >= 0.6 is 0 Å². The van der Waals surface area contributed by atoms with E-state index >= 15 is 0 Å². The van der Waals surface area contributed by atoms with Crippen molar-refractivity contribution in [3.05, 3.63) is 65.7 Å². The molecule has 0 atom stereocenters. The largest absolute Gasteiger partial charge is 0.462 e. The fraction of sp³-hybridized carbons (Fsp3) is 0.381. The topological polar surface area (TPSA) is 55.6 Å². The lowest BCUT2D eigenvalue weighted by molar-refractivity contribution is 0.0491. The van der Waals surface area contributed by atoms with Crippen molar-refractivity contribution in [2.75, 3.05) is 32.5 Å². The Kier molecular flexibility index (Phi) is 7.99. The molecule has 0 fully saturated rings. The highest BCUT2D eigenvalue weighted by molar-refractivity contribution is 5.89. The summed E-state index contributed by atoms with van der Waals surface area (Å²) in [6.07, 6.45) is 4.35. The minimum atomic E-state index is -0.287. The second kappa shape index (κ2) is 10.5. The van der Waals surface area contributed by atoms with Gasteiger partial charge in [-0.15, -0.1) is 0 Å². The molecule has 0 saturated heterocycles. The van der Waals surface area contributed by atoms with Gasteiger partial charge in [-0.1, -0.05) is 30.3 Å². The Morgan fingerprint density at radius 2 is 1.64 bits per heavy atom. The lowest BCUT2D eigenvalue weighted by Gasteiger charge is -2.16. The molecule has 0 bridgehead atoms. The van der Waals surface area contributed by atoms with E-state index in [1.807, 2.05) is 0 Å². The first-order valence-electron chi connectivity index (χ1n) is 8.90. The van der Waals surface area contributed by atoms with Gasteiger partial charge in [0.15, 0.2) is 0 Å². The molecule has 0 spiro atoms. The zero-order valence-electron chi connectivity index (χ0n) is 15.0. The fourth-order valence-corrected chi connectivity index (χ4v) is 2.67. The third kappa shape index (κ3) is 7.40. The van der Waals surface area contributed by atoms with Gasteiger partial charge in [0.2, 0.25) is 0 Å². The summed E-state index contributed by atoms with van der Waals surface area (Å²) in [4.78, 5) is 14.2. The average molecular weight is 340 g/mol. The Hall–Kier alpha value is -2.33. The van der Waals surface area contributed by atoms with E-state index < -0.39 is 0 Å². The van der Waals surface area contributed by atoms with E-state index in [4.69, 9.17) is 10.5 Å². The summed E-state index contributed by atoms with van der Waals surface area (Å²) in [5.74, 6) is -0.287. The van der Waals surface area contributed by atoms with Crippen molar-refractivity contribution in [3.63, 3.8) is 0 Å². The smallest absolute Gasteiger partial charge is 0.338 e. The van der Waals surface area contributed by atoms with Crippen LogP contribution in [0.3, 0.4) is 0 Å². The molecule has 0 aliphatic heterocycles. The third-order valence-electron chi connectivity index (χ3n) is 4.16. The normalized spacial score (nSPS) is 10.8. The highest BCUT2D eigenvalue weighted by Gasteiger charge is 2.06. The maximum absolute atomic E-state index is 11.9. The summed E-state index contributed by atoms with van der Waals surface area (Å²) in [6, 6.07) is 17.4. The first kappa shape index (κ1) is 19.0. The van der Waals surface area contributed by atoms with E-state index in [0.29, 0.717) is 17.9 Å². The molecule has 0 amide bonds. The maximum Gasteiger partial charge on any atom is 0.338 e. The Labute approximate surface area is 150 Å². The number of carbonyl (C=O) groups is 1. The number of anilines is 1. The van der Waals surface area contributed by atoms with E-state index in [1.165, 1.54) is 18.4 Å². The lowest BCUT2D eigenvalue weighted by atomic mass is 10.1. The fourth-order valence-electron chi connectivity index (χ4n) is 2.67. The summed E-state index contributed by atoms with van der Waals surface area (Å²) in [5, 5.41) is 0. The van der Waals surface area contributed by atoms with E-state index in [9.17, 15) is 4.79 Å². The number of nitrogens with two attached hydrogens (primary N) is 1. The van der Waals surface area contributed by atoms with Crippen molar-refractivity contribution < 1.29 is 9.53 Å². The number of nitrogens with zero attached hydrogens (tertiary/aromatic N) is 1. The van der Waals surface area contributed by atoms with Gasteiger partial charge in [0.1, 0.15) is 0 Å². The summed E-state index contributed by atoms with van der Waals surface area (Å²) in [5.41, 5.74) is 8.20. The van der Waals surface area contributed by atoms with Crippen LogP contribution in [0, 0.1) is 0 Å². The van der Waals surface area contributed by atoms with Gasteiger partial charge in [0.25, 0.3) is 0 Å². The van der Waals surface area contributed by atoms with Gasteiger partial charge in [0, 0.05) is 12.2 Å². The van der Waals surface area contributed by atoms with Crippen LogP contribution in [0.1, 0.15) is 35.2 Å². The molecule has 0 aliphatic carbocycles. The molecule has 4 nitrogen and oxygen atoms in total. The average Bonchev–Trinajstić information content (AvgIpc) is 2.63. The molecule has 2 rings (SSSR count). The first-order chi connectivity index (χ1) is 12.1. The second-order valence-electron chi connectivity index (χ2n) is 6.36. The van der Waals surface area contributed by atoms with Gasteiger partial charge in [-0.05, 0) is 69.1 Å². The first-order valence-corrected chi connectivity index (χ1v) is 8.90. The number of benzene rings is 2. The molecule has 25 heavy (non-hydrogen) atoms. The molecule has 0 unspecified atom stereocenters. The third-order valence-corrected chi connectivity index (χ3v) is 4.16. The SMILES string of the molecule is CN(CCCCc1ccccc1)CCCOC(=O)c1ccc(N)cc1. The summed E-state index contributed by atoms with van der Waals surface area (Å²) in [6.45, 7) is 2.44. The number of rotatable bonds is 10. The molecule has 0 heterocycles. The van der Waals surface area contributed by atoms with Gasteiger partial charge >= 0.3 is 5.97 Å². The molecule has 134 valence electrons. The van der Waals surface area contributed by atoms with Crippen LogP contribution in [0.5, 0.6) is 0 Å². The van der Waals surface area contributed by atoms with Crippen LogP contribution in [0.15, 0.2) is 54.6 Å². The molecular formula is C21H28N2O2. The van der Waals surface area contributed by atoms with E-state index in [1.54, 1.807) is 24.3 Å². The van der Waals surface area contributed by atoms with Crippen molar-refractivity contribution in [2.24, 2.45) is 0 Å². The molecule has 2 aromatic rings. The minimum absolute atomic E-state index is 0.287. The number of carbonyl (C=O) groups excluding carboxylic acids is 1. The van der Waals surface area contributed by atoms with E-state index in [0.717, 1.165) is 25.9 Å². The van der Waals surface area contributed by atoms with E-state index in [2.05, 4.69) is 42.3 Å². The minimum Gasteiger partial charge on any atom is -0.462 e. The molecule has 0 aromatic heterocycles. The summed E-state index contributed by atoms with van der Waals surface area (Å²) < 4.78 is 5.30. The van der Waals surface area contributed by atoms with Gasteiger partial charge in [-0.25, -0.2) is 4.79 Å². The quantitative estimate of drug-likeness (QED) is 0.406. The molecule has 2 aromatic carbocycles. The van der Waals surface area contributed by atoms with Crippen LogP contribution in [0.25, 0.3) is 0 Å². The monoisotopic (exact) mass is 340 g/mol. The van der Waals surface area contributed by atoms with Gasteiger partial charge in [0.05, 0.1) is 12.2 Å². The number of ether oxygens (including phenoxy) is 1. The second-order valence-corrected chi connectivity index (χ2v) is 6.36. The predicted octanol–water partition coefficient (Wildman–Crippen LogP) is 3.77. The zero-order valence-corrected chi connectivity index (χ0v) is 15.0. The van der Waals surface area contributed by atoms with Crippen LogP contribution < -0.4 is 5.73 Å². The number of nitrogen functional groups attached to an aromatic ring is 1. The van der Waals surface area contributed by atoms with Crippen molar-refractivity contribution in [2.45, 2.75) is 25.7 Å². The molecule has 0 aliphatic rings. The molecule has 2 N–H and O–H groups in total. The molecular weight excluding hydrogens is 312 g/mol. The highest BCUT2D eigenvalue weighted by atomic mass is 16.5. The summed E-state index contributed by atoms with van der Waals surface area (Å²) >= 11 is 0. The van der Waals surface area contributed by atoms with Crippen LogP contribution in [0.2, 0.25) is 0 Å². The van der Waals surface area contributed by atoms with Crippen molar-refractivity contribution in [3.8, 4) is 0 Å². The van der Waals surface area contributed by atoms with Crippen LogP contribution in [-0.4, -0.2) is 37.6 Å².